The van der Waals surface area contributed by atoms with Crippen LogP contribution in [-0.4, -0.2) is 18.9 Å². The Morgan fingerprint density at radius 3 is 1.18 bits per heavy atom. The topological polar surface area (TPSA) is 29.1 Å². The Bertz CT molecular complexity index is 312. The van der Waals surface area contributed by atoms with Crippen LogP contribution in [0.15, 0.2) is 0 Å². The number of nitrogens with one attached hydrogen (secondary N) is 1. The standard InChI is InChI=1S/C26H53NO/c1-4-6-7-8-9-10-11-12-13-14-15-16-17-18-19-20-21-22-23-24-26(28)25(5-2)27-3/h25,27H,4-24H2,1-3H3. The molecule has 0 aromatic heterocycles. The first-order valence-corrected chi connectivity index (χ1v) is 13.0. The summed E-state index contributed by atoms with van der Waals surface area (Å²) in [6.07, 6.45) is 28.2. The van der Waals surface area contributed by atoms with Crippen molar-refractivity contribution in [2.45, 2.75) is 155 Å². The summed E-state index contributed by atoms with van der Waals surface area (Å²) in [5, 5.41) is 3.11. The second-order valence-electron chi connectivity index (χ2n) is 8.83. The van der Waals surface area contributed by atoms with Gasteiger partial charge >= 0.3 is 0 Å². The molecule has 0 radical (unpaired) electrons. The lowest BCUT2D eigenvalue weighted by atomic mass is 10.0. The molecule has 0 aliphatic carbocycles. The van der Waals surface area contributed by atoms with Crippen LogP contribution in [0.5, 0.6) is 0 Å². The highest BCUT2D eigenvalue weighted by molar-refractivity contribution is 5.83. The van der Waals surface area contributed by atoms with Crippen molar-refractivity contribution in [3.63, 3.8) is 0 Å². The van der Waals surface area contributed by atoms with E-state index in [0.29, 0.717) is 5.78 Å². The molecule has 0 saturated carbocycles. The molecule has 1 unspecified atom stereocenters. The molecule has 2 heteroatoms. The molecule has 0 fully saturated rings. The van der Waals surface area contributed by atoms with Crippen molar-refractivity contribution in [2.75, 3.05) is 7.05 Å². The third-order valence-corrected chi connectivity index (χ3v) is 6.17. The number of carbonyl (C=O) groups excluding carboxylic acids is 1. The largest absolute Gasteiger partial charge is 0.311 e. The summed E-state index contributed by atoms with van der Waals surface area (Å²) in [5.74, 6) is 0.400. The highest BCUT2D eigenvalue weighted by atomic mass is 16.1. The van der Waals surface area contributed by atoms with Gasteiger partial charge in [-0.2, -0.15) is 0 Å². The summed E-state index contributed by atoms with van der Waals surface area (Å²) in [5.41, 5.74) is 0. The maximum Gasteiger partial charge on any atom is 0.149 e. The predicted molar refractivity (Wildman–Crippen MR) is 126 cm³/mol. The summed E-state index contributed by atoms with van der Waals surface area (Å²) in [6.45, 7) is 4.37. The van der Waals surface area contributed by atoms with Gasteiger partial charge in [0.15, 0.2) is 0 Å². The highest BCUT2D eigenvalue weighted by Crippen LogP contribution is 2.15. The minimum atomic E-state index is 0.0792. The number of likely N-dealkylation sites (N-methyl/N-ethyl adjacent to an activating group) is 1. The lowest BCUT2D eigenvalue weighted by Gasteiger charge is -2.11. The Labute approximate surface area is 178 Å². The number of unbranched alkanes of at least 4 members (excludes halogenated alkanes) is 18. The first-order chi connectivity index (χ1) is 13.8. The molecule has 1 atom stereocenters. The average Bonchev–Trinajstić information content (AvgIpc) is 2.70. The van der Waals surface area contributed by atoms with Gasteiger partial charge in [-0.15, -0.1) is 0 Å². The van der Waals surface area contributed by atoms with Crippen LogP contribution in [0.1, 0.15) is 149 Å². The minimum absolute atomic E-state index is 0.0792. The fraction of sp³-hybridized carbons (Fsp3) is 0.962. The molecule has 0 aromatic carbocycles. The molecule has 0 aliphatic heterocycles. The molecule has 0 spiro atoms. The van der Waals surface area contributed by atoms with Crippen LogP contribution in [0, 0.1) is 0 Å². The van der Waals surface area contributed by atoms with Gasteiger partial charge in [-0.25, -0.2) is 0 Å². The van der Waals surface area contributed by atoms with Crippen molar-refractivity contribution in [2.24, 2.45) is 0 Å². The summed E-state index contributed by atoms with van der Waals surface area (Å²) in [6, 6.07) is 0.0792. The molecule has 28 heavy (non-hydrogen) atoms. The van der Waals surface area contributed by atoms with E-state index < -0.39 is 0 Å². The van der Waals surface area contributed by atoms with E-state index in [-0.39, 0.29) is 6.04 Å². The van der Waals surface area contributed by atoms with Gasteiger partial charge in [0.25, 0.3) is 0 Å². The lowest BCUT2D eigenvalue weighted by Crippen LogP contribution is -2.33. The SMILES string of the molecule is CCCCCCCCCCCCCCCCCCCCCC(=O)C(CC)NC. The van der Waals surface area contributed by atoms with Gasteiger partial charge in [0, 0.05) is 6.42 Å². The van der Waals surface area contributed by atoms with Gasteiger partial charge in [-0.1, -0.05) is 129 Å². The molecular weight excluding hydrogens is 342 g/mol. The van der Waals surface area contributed by atoms with Gasteiger partial charge in [-0.3, -0.25) is 4.79 Å². The van der Waals surface area contributed by atoms with Gasteiger partial charge in [0.2, 0.25) is 0 Å². The maximum absolute atomic E-state index is 11.9. The quantitative estimate of drug-likeness (QED) is 0.176. The summed E-state index contributed by atoms with van der Waals surface area (Å²) in [4.78, 5) is 11.9. The van der Waals surface area contributed by atoms with Crippen LogP contribution in [0.25, 0.3) is 0 Å². The molecule has 2 nitrogen and oxygen atoms in total. The lowest BCUT2D eigenvalue weighted by molar-refractivity contribution is -0.121. The Hall–Kier alpha value is -0.370. The van der Waals surface area contributed by atoms with Crippen LogP contribution in [0.3, 0.4) is 0 Å². The zero-order valence-electron chi connectivity index (χ0n) is 19.8. The number of hydrogen-bond donors (Lipinski definition) is 1. The van der Waals surface area contributed by atoms with E-state index in [2.05, 4.69) is 19.2 Å². The van der Waals surface area contributed by atoms with E-state index in [1.807, 2.05) is 7.05 Å². The van der Waals surface area contributed by atoms with E-state index in [0.717, 1.165) is 19.3 Å². The Kier molecular flexibility index (Phi) is 22.6. The molecule has 1 N–H and O–H groups in total. The summed E-state index contributed by atoms with van der Waals surface area (Å²) in [7, 11) is 1.89. The van der Waals surface area contributed by atoms with Crippen molar-refractivity contribution in [3.8, 4) is 0 Å². The summed E-state index contributed by atoms with van der Waals surface area (Å²) < 4.78 is 0. The van der Waals surface area contributed by atoms with Gasteiger partial charge in [0.1, 0.15) is 5.78 Å². The van der Waals surface area contributed by atoms with Crippen molar-refractivity contribution >= 4 is 5.78 Å². The number of Topliss-reactive ketones (excluding diaryl/α,β-unsaturated/α-hetero) is 1. The third-order valence-electron chi connectivity index (χ3n) is 6.17. The fourth-order valence-corrected chi connectivity index (χ4v) is 4.14. The van der Waals surface area contributed by atoms with E-state index in [1.165, 1.54) is 116 Å². The molecule has 0 heterocycles. The van der Waals surface area contributed by atoms with Crippen LogP contribution < -0.4 is 5.32 Å². The molecule has 0 aliphatic rings. The van der Waals surface area contributed by atoms with Gasteiger partial charge < -0.3 is 5.32 Å². The van der Waals surface area contributed by atoms with Crippen molar-refractivity contribution in [1.29, 1.82) is 0 Å². The first-order valence-electron chi connectivity index (χ1n) is 13.0. The number of hydrogen-bond acceptors (Lipinski definition) is 2. The molecule has 0 bridgehead atoms. The monoisotopic (exact) mass is 395 g/mol. The number of carbonyl (C=O) groups is 1. The van der Waals surface area contributed by atoms with Crippen LogP contribution in [-0.2, 0) is 4.79 Å². The number of ketones is 1. The van der Waals surface area contributed by atoms with Crippen LogP contribution in [0.4, 0.5) is 0 Å². The average molecular weight is 396 g/mol. The minimum Gasteiger partial charge on any atom is -0.311 e. The predicted octanol–water partition coefficient (Wildman–Crippen LogP) is 8.38. The molecule has 0 aromatic rings. The number of rotatable bonds is 23. The second kappa shape index (κ2) is 22.9. The summed E-state index contributed by atoms with van der Waals surface area (Å²) >= 11 is 0. The Morgan fingerprint density at radius 2 is 0.893 bits per heavy atom. The molecule has 0 amide bonds. The Balaban J connectivity index is 3.13. The first kappa shape index (κ1) is 27.6. The van der Waals surface area contributed by atoms with Crippen molar-refractivity contribution < 1.29 is 4.79 Å². The van der Waals surface area contributed by atoms with E-state index >= 15 is 0 Å². The zero-order valence-corrected chi connectivity index (χ0v) is 19.8. The Morgan fingerprint density at radius 1 is 0.571 bits per heavy atom. The second-order valence-corrected chi connectivity index (χ2v) is 8.83. The van der Waals surface area contributed by atoms with Crippen molar-refractivity contribution in [3.05, 3.63) is 0 Å². The molecule has 0 rings (SSSR count). The normalized spacial score (nSPS) is 12.4. The highest BCUT2D eigenvalue weighted by Gasteiger charge is 2.12. The van der Waals surface area contributed by atoms with Gasteiger partial charge in [0.05, 0.1) is 6.04 Å². The smallest absolute Gasteiger partial charge is 0.149 e. The molecule has 0 saturated heterocycles. The fourth-order valence-electron chi connectivity index (χ4n) is 4.14. The maximum atomic E-state index is 11.9. The zero-order chi connectivity index (χ0) is 20.7. The van der Waals surface area contributed by atoms with Crippen LogP contribution in [0.2, 0.25) is 0 Å². The van der Waals surface area contributed by atoms with Gasteiger partial charge in [-0.05, 0) is 19.9 Å². The van der Waals surface area contributed by atoms with E-state index in [1.54, 1.807) is 0 Å². The van der Waals surface area contributed by atoms with Crippen LogP contribution >= 0.6 is 0 Å². The van der Waals surface area contributed by atoms with E-state index in [9.17, 15) is 4.79 Å². The third kappa shape index (κ3) is 19.0. The molecular formula is C26H53NO. The molecule has 168 valence electrons. The van der Waals surface area contributed by atoms with E-state index in [4.69, 9.17) is 0 Å². The van der Waals surface area contributed by atoms with Crippen molar-refractivity contribution in [1.82, 2.24) is 5.32 Å².